The van der Waals surface area contributed by atoms with E-state index in [1.807, 2.05) is 4.44 Å². The molecule has 96 valence electrons. The summed E-state index contributed by atoms with van der Waals surface area (Å²) in [6.07, 6.45) is 5.04. The minimum absolute atomic E-state index is 0. The van der Waals surface area contributed by atoms with Gasteiger partial charge in [-0.1, -0.05) is 59.8 Å². The van der Waals surface area contributed by atoms with Crippen LogP contribution in [0.15, 0.2) is 10.5 Å². The molecule has 0 rings (SSSR count). The maximum atomic E-state index is 2.64. The van der Waals surface area contributed by atoms with Gasteiger partial charge >= 0.3 is 18.9 Å². The van der Waals surface area contributed by atoms with Crippen LogP contribution in [0.5, 0.6) is 0 Å². The third-order valence-corrected chi connectivity index (χ3v) is 10.2. The van der Waals surface area contributed by atoms with Crippen molar-refractivity contribution in [3.8, 4) is 0 Å². The van der Waals surface area contributed by atoms with Crippen LogP contribution in [0.3, 0.4) is 0 Å². The Morgan fingerprint density at radius 1 is 1.00 bits per heavy atom. The number of hydrogen-bond donors (Lipinski definition) is 0. The SMILES string of the molecule is CC/C=[C](/CC)[Al-]([CH3])([CH2]C(C)C)[CH2]C(C)C.[Li+]. The van der Waals surface area contributed by atoms with Gasteiger partial charge in [-0.25, -0.2) is 0 Å². The molecule has 17 heavy (non-hydrogen) atoms. The normalized spacial score (nSPS) is 13.1. The summed E-state index contributed by atoms with van der Waals surface area (Å²) in [5.74, 6) is 4.36. The molecule has 0 aromatic carbocycles. The van der Waals surface area contributed by atoms with Gasteiger partial charge in [-0.05, 0) is 6.42 Å². The van der Waals surface area contributed by atoms with Crippen LogP contribution in [-0.2, 0) is 0 Å². The maximum Gasteiger partial charge on any atom is 1.00 e. The molecular weight excluding hydrogens is 214 g/mol. The summed E-state index contributed by atoms with van der Waals surface area (Å²) in [5, 5.41) is 2.98. The molecular formula is C15H32AlLi. The molecule has 0 aliphatic rings. The van der Waals surface area contributed by atoms with E-state index in [-0.39, 0.29) is 18.9 Å². The Balaban J connectivity index is 0. The Kier molecular flexibility index (Phi) is 11.6. The fraction of sp³-hybridized carbons (Fsp3) is 0.867. The van der Waals surface area contributed by atoms with E-state index in [4.69, 9.17) is 0 Å². The Labute approximate surface area is 125 Å². The molecule has 0 amide bonds. The number of allylic oxidation sites excluding steroid dienone is 2. The van der Waals surface area contributed by atoms with Crippen molar-refractivity contribution < 1.29 is 18.9 Å². The van der Waals surface area contributed by atoms with Gasteiger partial charge in [0.1, 0.15) is 0 Å². The third kappa shape index (κ3) is 7.80. The average molecular weight is 246 g/mol. The Bertz CT molecular complexity index is 209. The summed E-state index contributed by atoms with van der Waals surface area (Å²) in [6, 6.07) is 0. The Morgan fingerprint density at radius 2 is 1.41 bits per heavy atom. The first-order chi connectivity index (χ1) is 7.35. The van der Waals surface area contributed by atoms with Crippen molar-refractivity contribution in [2.24, 2.45) is 11.8 Å². The van der Waals surface area contributed by atoms with Crippen LogP contribution in [0, 0.1) is 11.8 Å². The van der Waals surface area contributed by atoms with E-state index in [1.54, 1.807) is 0 Å². The van der Waals surface area contributed by atoms with Crippen molar-refractivity contribution in [3.63, 3.8) is 0 Å². The minimum Gasteiger partial charge on any atom is -0.258 e. The van der Waals surface area contributed by atoms with Gasteiger partial charge in [0.25, 0.3) is 0 Å². The van der Waals surface area contributed by atoms with Gasteiger partial charge in [0.05, 0.1) is 0 Å². The molecule has 0 radical (unpaired) electrons. The van der Waals surface area contributed by atoms with Crippen LogP contribution in [0.4, 0.5) is 0 Å². The first-order valence-corrected chi connectivity index (χ1v) is 10.6. The van der Waals surface area contributed by atoms with E-state index >= 15 is 0 Å². The van der Waals surface area contributed by atoms with Crippen molar-refractivity contribution >= 4 is 13.1 Å². The molecule has 0 unspecified atom stereocenters. The second-order valence-corrected chi connectivity index (χ2v) is 11.9. The summed E-state index contributed by atoms with van der Waals surface area (Å²) in [4.78, 5) is 0. The molecule has 0 fully saturated rings. The molecule has 0 saturated heterocycles. The van der Waals surface area contributed by atoms with Crippen LogP contribution in [0.25, 0.3) is 0 Å². The molecule has 0 N–H and O–H groups in total. The van der Waals surface area contributed by atoms with Crippen molar-refractivity contribution in [2.75, 3.05) is 0 Å². The van der Waals surface area contributed by atoms with E-state index in [9.17, 15) is 0 Å². The smallest absolute Gasteiger partial charge is 0.258 e. The van der Waals surface area contributed by atoms with Crippen LogP contribution in [0.1, 0.15) is 54.4 Å². The molecule has 0 aromatic rings. The van der Waals surface area contributed by atoms with Gasteiger partial charge in [0, 0.05) is 0 Å². The number of rotatable bonds is 7. The topological polar surface area (TPSA) is 0 Å². The zero-order chi connectivity index (χ0) is 12.8. The molecule has 0 heterocycles. The molecule has 0 bridgehead atoms. The molecule has 0 saturated carbocycles. The average Bonchev–Trinajstić information content (AvgIpc) is 2.10. The summed E-state index contributed by atoms with van der Waals surface area (Å²) in [5.41, 5.74) is 0. The Hall–Kier alpha value is 0.870. The van der Waals surface area contributed by atoms with Crippen LogP contribution < -0.4 is 18.9 Å². The van der Waals surface area contributed by atoms with Gasteiger partial charge in [0.2, 0.25) is 0 Å². The van der Waals surface area contributed by atoms with E-state index in [1.165, 1.54) is 23.4 Å². The monoisotopic (exact) mass is 246 g/mol. The first-order valence-electron chi connectivity index (χ1n) is 7.27. The predicted molar refractivity (Wildman–Crippen MR) is 79.6 cm³/mol. The largest absolute Gasteiger partial charge is 1.00 e. The summed E-state index contributed by atoms with van der Waals surface area (Å²) >= 11 is -1.48. The van der Waals surface area contributed by atoms with E-state index in [2.05, 4.69) is 53.4 Å². The fourth-order valence-corrected chi connectivity index (χ4v) is 10.4. The third-order valence-electron chi connectivity index (χ3n) is 3.75. The quantitative estimate of drug-likeness (QED) is 0.606. The van der Waals surface area contributed by atoms with E-state index in [0.717, 1.165) is 11.8 Å². The second-order valence-electron chi connectivity index (χ2n) is 6.60. The zero-order valence-electron chi connectivity index (χ0n) is 13.6. The van der Waals surface area contributed by atoms with Gasteiger partial charge in [-0.15, -0.1) is 6.08 Å². The molecule has 0 atom stereocenters. The summed E-state index contributed by atoms with van der Waals surface area (Å²) < 4.78 is 1.84. The molecule has 0 spiro atoms. The van der Waals surface area contributed by atoms with Gasteiger partial charge < -0.3 is 0 Å². The standard InChI is InChI=1S/C6H11.2C4H9.CH3.Al.Li/c1-3-5-6-4-2;2*1-4(2)3;;;/h5H,3-4H2,1-2H3;2*4H,1H2,2-3H3;1H3;;/q;;;;-1;+1. The van der Waals surface area contributed by atoms with E-state index in [0.29, 0.717) is 0 Å². The Morgan fingerprint density at radius 3 is 1.65 bits per heavy atom. The van der Waals surface area contributed by atoms with Crippen molar-refractivity contribution in [3.05, 3.63) is 10.5 Å². The first kappa shape index (κ1) is 20.2. The zero-order valence-corrected chi connectivity index (χ0v) is 14.8. The number of hydrogen-bond acceptors (Lipinski definition) is 0. The maximum absolute atomic E-state index is 2.64. The van der Waals surface area contributed by atoms with E-state index < -0.39 is 13.1 Å². The molecule has 0 aromatic heterocycles. The van der Waals surface area contributed by atoms with Gasteiger partial charge in [-0.2, -0.15) is 16.4 Å². The second kappa shape index (κ2) is 9.75. The van der Waals surface area contributed by atoms with Gasteiger partial charge in [-0.3, -0.25) is 4.44 Å². The predicted octanol–water partition coefficient (Wildman–Crippen LogP) is 2.67. The molecule has 0 nitrogen and oxygen atoms in total. The van der Waals surface area contributed by atoms with Crippen LogP contribution in [0.2, 0.25) is 16.4 Å². The molecule has 0 aliphatic heterocycles. The summed E-state index contributed by atoms with van der Waals surface area (Å²) in [7, 11) is 0. The van der Waals surface area contributed by atoms with Crippen LogP contribution >= 0.6 is 0 Å². The minimum atomic E-state index is -1.48. The molecule has 2 heteroatoms. The summed E-state index contributed by atoms with van der Waals surface area (Å²) in [6.45, 7) is 14.2. The fourth-order valence-electron chi connectivity index (χ4n) is 3.66. The molecule has 0 aliphatic carbocycles. The van der Waals surface area contributed by atoms with Crippen LogP contribution in [-0.4, -0.2) is 13.1 Å². The van der Waals surface area contributed by atoms with Crippen molar-refractivity contribution in [1.82, 2.24) is 0 Å². The van der Waals surface area contributed by atoms with Crippen molar-refractivity contribution in [1.29, 1.82) is 0 Å². The van der Waals surface area contributed by atoms with Gasteiger partial charge in [0.15, 0.2) is 13.1 Å². The van der Waals surface area contributed by atoms with Crippen molar-refractivity contribution in [2.45, 2.75) is 70.7 Å².